The lowest BCUT2D eigenvalue weighted by atomic mass is 10.1. The minimum Gasteiger partial charge on any atom is -0.378 e. The molecule has 0 unspecified atom stereocenters. The number of ketones is 1. The predicted molar refractivity (Wildman–Crippen MR) is 118 cm³/mol. The number of morpholine rings is 1. The number of amides is 2. The van der Waals surface area contributed by atoms with Gasteiger partial charge in [0.1, 0.15) is 6.54 Å². The molecular formula is C24H25N3O4. The number of para-hydroxylation sites is 1. The Morgan fingerprint density at radius 2 is 1.74 bits per heavy atom. The second-order valence-corrected chi connectivity index (χ2v) is 7.76. The number of aryl methyl sites for hydroxylation is 2. The number of carbonyl (C=O) groups excluding carboxylic acids is 3. The standard InChI is InChI=1S/C24H25N3O4/c1-16-7-8-18(13-17(16)2)25-24(30)23(29)20-14-27(21-6-4-3-5-19(20)21)15-22(28)26-9-11-31-12-10-26/h3-8,13-14H,9-12,15H2,1-2H3,(H,25,30). The summed E-state index contributed by atoms with van der Waals surface area (Å²) in [5, 5.41) is 3.34. The number of benzene rings is 2. The van der Waals surface area contributed by atoms with E-state index in [-0.39, 0.29) is 18.0 Å². The van der Waals surface area contributed by atoms with Gasteiger partial charge in [0.25, 0.3) is 11.7 Å². The number of carbonyl (C=O) groups is 3. The molecule has 4 rings (SSSR count). The highest BCUT2D eigenvalue weighted by Gasteiger charge is 2.24. The van der Waals surface area contributed by atoms with E-state index in [1.54, 1.807) is 27.8 Å². The quantitative estimate of drug-likeness (QED) is 0.509. The molecule has 3 aromatic rings. The fourth-order valence-electron chi connectivity index (χ4n) is 3.75. The molecule has 1 aliphatic rings. The zero-order chi connectivity index (χ0) is 22.0. The first-order valence-electron chi connectivity index (χ1n) is 10.3. The number of nitrogens with one attached hydrogen (secondary N) is 1. The molecule has 0 atom stereocenters. The van der Waals surface area contributed by atoms with Crippen molar-refractivity contribution in [2.75, 3.05) is 31.6 Å². The first-order valence-corrected chi connectivity index (χ1v) is 10.3. The maximum atomic E-state index is 13.0. The molecule has 7 heteroatoms. The van der Waals surface area contributed by atoms with Crippen molar-refractivity contribution in [3.63, 3.8) is 0 Å². The number of nitrogens with zero attached hydrogens (tertiary/aromatic N) is 2. The van der Waals surface area contributed by atoms with Gasteiger partial charge in [-0.3, -0.25) is 14.4 Å². The molecule has 2 amide bonds. The summed E-state index contributed by atoms with van der Waals surface area (Å²) in [5.74, 6) is -1.37. The fourth-order valence-corrected chi connectivity index (χ4v) is 3.75. The van der Waals surface area contributed by atoms with E-state index < -0.39 is 11.7 Å². The van der Waals surface area contributed by atoms with Crippen LogP contribution in [0.2, 0.25) is 0 Å². The van der Waals surface area contributed by atoms with Crippen molar-refractivity contribution in [2.24, 2.45) is 0 Å². The van der Waals surface area contributed by atoms with Gasteiger partial charge in [0.2, 0.25) is 5.91 Å². The molecule has 1 fully saturated rings. The van der Waals surface area contributed by atoms with Gasteiger partial charge < -0.3 is 19.5 Å². The molecule has 1 aromatic heterocycles. The maximum Gasteiger partial charge on any atom is 0.296 e. The van der Waals surface area contributed by atoms with Crippen molar-refractivity contribution in [1.82, 2.24) is 9.47 Å². The molecule has 1 N–H and O–H groups in total. The Morgan fingerprint density at radius 3 is 2.48 bits per heavy atom. The molecule has 0 aliphatic carbocycles. The van der Waals surface area contributed by atoms with Crippen LogP contribution in [0, 0.1) is 13.8 Å². The van der Waals surface area contributed by atoms with Gasteiger partial charge in [-0.15, -0.1) is 0 Å². The average molecular weight is 419 g/mol. The Labute approximate surface area is 180 Å². The van der Waals surface area contributed by atoms with E-state index in [1.807, 2.05) is 44.2 Å². The van der Waals surface area contributed by atoms with Gasteiger partial charge >= 0.3 is 0 Å². The van der Waals surface area contributed by atoms with E-state index in [0.717, 1.165) is 16.6 Å². The van der Waals surface area contributed by atoms with Gasteiger partial charge in [-0.2, -0.15) is 0 Å². The largest absolute Gasteiger partial charge is 0.378 e. The number of rotatable bonds is 5. The van der Waals surface area contributed by atoms with Crippen molar-refractivity contribution < 1.29 is 19.1 Å². The van der Waals surface area contributed by atoms with Crippen LogP contribution < -0.4 is 5.32 Å². The number of anilines is 1. The van der Waals surface area contributed by atoms with E-state index in [0.29, 0.717) is 37.4 Å². The van der Waals surface area contributed by atoms with Crippen LogP contribution in [0.25, 0.3) is 10.9 Å². The van der Waals surface area contributed by atoms with Crippen molar-refractivity contribution in [3.05, 3.63) is 65.4 Å². The highest BCUT2D eigenvalue weighted by Crippen LogP contribution is 2.23. The average Bonchev–Trinajstić information content (AvgIpc) is 3.14. The number of Topliss-reactive ketones (excluding diaryl/α,β-unsaturated/α-hetero) is 1. The van der Waals surface area contributed by atoms with Gasteiger partial charge in [0.05, 0.1) is 18.8 Å². The Morgan fingerprint density at radius 1 is 1.00 bits per heavy atom. The lowest BCUT2D eigenvalue weighted by Crippen LogP contribution is -2.42. The van der Waals surface area contributed by atoms with E-state index in [2.05, 4.69) is 5.32 Å². The van der Waals surface area contributed by atoms with Crippen LogP contribution in [-0.2, 0) is 20.9 Å². The zero-order valence-electron chi connectivity index (χ0n) is 17.7. The van der Waals surface area contributed by atoms with E-state index in [9.17, 15) is 14.4 Å². The third kappa shape index (κ3) is 4.36. The first-order chi connectivity index (χ1) is 14.9. The molecule has 2 heterocycles. The normalized spacial score (nSPS) is 13.9. The third-order valence-corrected chi connectivity index (χ3v) is 5.67. The van der Waals surface area contributed by atoms with Gasteiger partial charge in [0.15, 0.2) is 0 Å². The second kappa shape index (κ2) is 8.73. The van der Waals surface area contributed by atoms with Crippen LogP contribution in [-0.4, -0.2) is 53.4 Å². The summed E-state index contributed by atoms with van der Waals surface area (Å²) in [5.41, 5.74) is 3.74. The minimum absolute atomic E-state index is 0.0392. The Hall–Kier alpha value is -3.45. The summed E-state index contributed by atoms with van der Waals surface area (Å²) in [6, 6.07) is 12.8. The summed E-state index contributed by atoms with van der Waals surface area (Å²) in [6.07, 6.45) is 1.60. The second-order valence-electron chi connectivity index (χ2n) is 7.76. The zero-order valence-corrected chi connectivity index (χ0v) is 17.7. The fraction of sp³-hybridized carbons (Fsp3) is 0.292. The van der Waals surface area contributed by atoms with Crippen LogP contribution in [0.4, 0.5) is 5.69 Å². The molecule has 1 aliphatic heterocycles. The molecule has 7 nitrogen and oxygen atoms in total. The summed E-state index contributed by atoms with van der Waals surface area (Å²) in [7, 11) is 0. The lowest BCUT2D eigenvalue weighted by molar-refractivity contribution is -0.135. The van der Waals surface area contributed by atoms with Gasteiger partial charge in [-0.25, -0.2) is 0 Å². The summed E-state index contributed by atoms with van der Waals surface area (Å²) in [6.45, 7) is 6.21. The molecule has 31 heavy (non-hydrogen) atoms. The minimum atomic E-state index is -0.703. The predicted octanol–water partition coefficient (Wildman–Crippen LogP) is 2.94. The Balaban J connectivity index is 1.58. The number of ether oxygens (including phenoxy) is 1. The summed E-state index contributed by atoms with van der Waals surface area (Å²) in [4.78, 5) is 40.1. The Kier molecular flexibility index (Phi) is 5.86. The van der Waals surface area contributed by atoms with Gasteiger partial charge in [-0.05, 0) is 43.2 Å². The number of aromatic nitrogens is 1. The van der Waals surface area contributed by atoms with Crippen molar-refractivity contribution in [1.29, 1.82) is 0 Å². The first kappa shape index (κ1) is 20.8. The monoisotopic (exact) mass is 419 g/mol. The van der Waals surface area contributed by atoms with Crippen molar-refractivity contribution >= 4 is 34.2 Å². The molecule has 0 spiro atoms. The lowest BCUT2D eigenvalue weighted by Gasteiger charge is -2.27. The van der Waals surface area contributed by atoms with Gasteiger partial charge in [0, 0.05) is 35.9 Å². The number of hydrogen-bond acceptors (Lipinski definition) is 4. The van der Waals surface area contributed by atoms with Gasteiger partial charge in [-0.1, -0.05) is 24.3 Å². The van der Waals surface area contributed by atoms with Crippen LogP contribution in [0.5, 0.6) is 0 Å². The molecular weight excluding hydrogens is 394 g/mol. The molecule has 0 saturated carbocycles. The molecule has 2 aromatic carbocycles. The summed E-state index contributed by atoms with van der Waals surface area (Å²) >= 11 is 0. The SMILES string of the molecule is Cc1ccc(NC(=O)C(=O)c2cn(CC(=O)N3CCOCC3)c3ccccc23)cc1C. The van der Waals surface area contributed by atoms with E-state index in [1.165, 1.54) is 0 Å². The number of hydrogen-bond donors (Lipinski definition) is 1. The van der Waals surface area contributed by atoms with Crippen LogP contribution in [0.15, 0.2) is 48.7 Å². The highest BCUT2D eigenvalue weighted by molar-refractivity contribution is 6.48. The molecule has 160 valence electrons. The topological polar surface area (TPSA) is 80.6 Å². The molecule has 0 bridgehead atoms. The Bertz CT molecular complexity index is 1160. The third-order valence-electron chi connectivity index (χ3n) is 5.67. The summed E-state index contributed by atoms with van der Waals surface area (Å²) < 4.78 is 7.04. The van der Waals surface area contributed by atoms with Crippen LogP contribution in [0.1, 0.15) is 21.5 Å². The maximum absolute atomic E-state index is 13.0. The van der Waals surface area contributed by atoms with Crippen LogP contribution >= 0.6 is 0 Å². The number of fused-ring (bicyclic) bond motifs is 1. The molecule has 0 radical (unpaired) electrons. The van der Waals surface area contributed by atoms with E-state index in [4.69, 9.17) is 4.74 Å². The van der Waals surface area contributed by atoms with Crippen LogP contribution in [0.3, 0.4) is 0 Å². The van der Waals surface area contributed by atoms with Crippen molar-refractivity contribution in [3.8, 4) is 0 Å². The highest BCUT2D eigenvalue weighted by atomic mass is 16.5. The molecule has 1 saturated heterocycles. The van der Waals surface area contributed by atoms with E-state index >= 15 is 0 Å². The van der Waals surface area contributed by atoms with Crippen molar-refractivity contribution in [2.45, 2.75) is 20.4 Å². The smallest absolute Gasteiger partial charge is 0.296 e.